The summed E-state index contributed by atoms with van der Waals surface area (Å²) in [5, 5.41) is 13.9. The van der Waals surface area contributed by atoms with Crippen molar-refractivity contribution in [2.45, 2.75) is 24.5 Å². The van der Waals surface area contributed by atoms with Crippen molar-refractivity contribution >= 4 is 52.1 Å². The predicted molar refractivity (Wildman–Crippen MR) is 140 cm³/mol. The maximum Gasteiger partial charge on any atom is 0.480 e. The van der Waals surface area contributed by atoms with Crippen molar-refractivity contribution in [1.29, 1.82) is 0 Å². The monoisotopic (exact) mass is 655 g/mol. The van der Waals surface area contributed by atoms with Gasteiger partial charge in [-0.25, -0.2) is 23.5 Å². The number of phosphoric acid groups is 1. The van der Waals surface area contributed by atoms with Gasteiger partial charge in [0, 0.05) is 12.7 Å². The van der Waals surface area contributed by atoms with Gasteiger partial charge in [-0.2, -0.15) is 9.29 Å². The number of aromatic amines is 1. The molecule has 42 heavy (non-hydrogen) atoms. The summed E-state index contributed by atoms with van der Waals surface area (Å²) in [6.07, 6.45) is -5.45. The number of hydrogen-bond donors (Lipinski definition) is 9. The van der Waals surface area contributed by atoms with E-state index < -0.39 is 66.0 Å². The van der Waals surface area contributed by atoms with Gasteiger partial charge in [0.05, 0.1) is 18.5 Å². The van der Waals surface area contributed by atoms with Crippen molar-refractivity contribution in [3.05, 3.63) is 46.5 Å². The fraction of sp³-hybridized carbons (Fsp3) is 0.333. The molecule has 3 aromatic rings. The van der Waals surface area contributed by atoms with E-state index in [2.05, 4.69) is 29.1 Å². The van der Waals surface area contributed by atoms with Crippen molar-refractivity contribution in [3.63, 3.8) is 0 Å². The van der Waals surface area contributed by atoms with Gasteiger partial charge in [0.1, 0.15) is 12.2 Å². The zero-order valence-electron chi connectivity index (χ0n) is 21.1. The second-order valence-electron chi connectivity index (χ2n) is 8.51. The highest BCUT2D eigenvalue weighted by Crippen LogP contribution is 2.61. The number of carbonyl (C=O) groups excluding carboxylic acids is 1. The Morgan fingerprint density at radius 1 is 1.21 bits per heavy atom. The summed E-state index contributed by atoms with van der Waals surface area (Å²) >= 11 is 0. The lowest BCUT2D eigenvalue weighted by Crippen LogP contribution is -2.38. The Bertz CT molecular complexity index is 1690. The maximum absolute atomic E-state index is 13.0. The van der Waals surface area contributed by atoms with Crippen LogP contribution in [0.25, 0.3) is 11.2 Å². The number of nitrogens with one attached hydrogen (secondary N) is 3. The van der Waals surface area contributed by atoms with Gasteiger partial charge in [0.2, 0.25) is 5.95 Å². The largest absolute Gasteiger partial charge is 0.480 e. The van der Waals surface area contributed by atoms with E-state index in [0.717, 1.165) is 15.8 Å². The minimum absolute atomic E-state index is 0.0327. The number of aliphatic hydroxyl groups excluding tert-OH is 1. The van der Waals surface area contributed by atoms with Gasteiger partial charge in [0.25, 0.3) is 5.56 Å². The molecule has 0 saturated carbocycles. The van der Waals surface area contributed by atoms with Crippen LogP contribution in [-0.4, -0.2) is 82.1 Å². The molecule has 21 nitrogen and oxygen atoms in total. The molecule has 0 amide bonds. The fourth-order valence-corrected chi connectivity index (χ4v) is 7.37. The van der Waals surface area contributed by atoms with E-state index in [0.29, 0.717) is 5.69 Å². The molecule has 2 aromatic heterocycles. The first-order chi connectivity index (χ1) is 19.5. The summed E-state index contributed by atoms with van der Waals surface area (Å²) in [6.45, 7) is -1.05. The number of nitrogen functional groups attached to an aromatic ring is 1. The van der Waals surface area contributed by atoms with Gasteiger partial charge in [-0.1, -0.05) is 12.1 Å². The number of nitrogens with two attached hydrogens (primary N) is 1. The molecule has 1 aromatic carbocycles. The number of H-pyrrole nitrogens is 1. The quantitative estimate of drug-likeness (QED) is 0.0896. The van der Waals surface area contributed by atoms with E-state index in [4.69, 9.17) is 25.0 Å². The number of nitrogens with zero attached hydrogens (tertiary/aromatic N) is 3. The third-order valence-corrected chi connectivity index (χ3v) is 9.81. The van der Waals surface area contributed by atoms with Crippen LogP contribution in [0.4, 0.5) is 11.6 Å². The van der Waals surface area contributed by atoms with Gasteiger partial charge in [-0.05, 0) is 12.1 Å². The third kappa shape index (κ3) is 7.30. The molecule has 230 valence electrons. The molecule has 3 heterocycles. The van der Waals surface area contributed by atoms with E-state index in [9.17, 15) is 38.2 Å². The van der Waals surface area contributed by atoms with Gasteiger partial charge in [-0.15, -0.1) is 4.86 Å². The number of benzene rings is 1. The molecule has 1 aliphatic heterocycles. The van der Waals surface area contributed by atoms with Crippen LogP contribution in [0.15, 0.2) is 35.4 Å². The number of para-hydroxylation sites is 1. The van der Waals surface area contributed by atoms with E-state index >= 15 is 0 Å². The highest BCUT2D eigenvalue weighted by Gasteiger charge is 2.49. The number of carbonyl (C=O) groups is 1. The van der Waals surface area contributed by atoms with Crippen LogP contribution in [0.5, 0.6) is 0 Å². The Morgan fingerprint density at radius 2 is 1.90 bits per heavy atom. The number of phosphoric ester groups is 1. The first-order valence-corrected chi connectivity index (χ1v) is 16.1. The Kier molecular flexibility index (Phi) is 9.06. The van der Waals surface area contributed by atoms with E-state index in [1.807, 2.05) is 0 Å². The molecular formula is C18H24N7O14P3. The number of imidazole rings is 1. The summed E-state index contributed by atoms with van der Waals surface area (Å²) in [5.74, 6) is -1.27. The first-order valence-electron chi connectivity index (χ1n) is 11.4. The molecule has 0 aliphatic carbocycles. The van der Waals surface area contributed by atoms with Gasteiger partial charge in [0.15, 0.2) is 23.5 Å². The molecule has 10 N–H and O–H groups in total. The summed E-state index contributed by atoms with van der Waals surface area (Å²) in [4.78, 5) is 73.2. The Morgan fingerprint density at radius 3 is 2.57 bits per heavy atom. The van der Waals surface area contributed by atoms with Crippen LogP contribution in [0.2, 0.25) is 0 Å². The highest BCUT2D eigenvalue weighted by molar-refractivity contribution is 7.70. The molecule has 1 aliphatic rings. The summed E-state index contributed by atoms with van der Waals surface area (Å²) in [5.41, 5.74) is 4.93. The Labute approximate surface area is 234 Å². The molecule has 1 saturated heterocycles. The smallest absolute Gasteiger partial charge is 0.453 e. The van der Waals surface area contributed by atoms with E-state index in [1.165, 1.54) is 19.2 Å². The number of aromatic nitrogens is 4. The lowest BCUT2D eigenvalue weighted by atomic mass is 10.1. The van der Waals surface area contributed by atoms with E-state index in [1.54, 1.807) is 12.1 Å². The maximum atomic E-state index is 13.0. The molecule has 6 atom stereocenters. The lowest BCUT2D eigenvalue weighted by molar-refractivity contribution is -0.0519. The fourth-order valence-electron chi connectivity index (χ4n) is 3.94. The Balaban J connectivity index is 1.63. The highest BCUT2D eigenvalue weighted by atomic mass is 31.3. The van der Waals surface area contributed by atoms with Crippen LogP contribution in [0.3, 0.4) is 0 Å². The molecule has 2 unspecified atom stereocenters. The zero-order valence-corrected chi connectivity index (χ0v) is 23.8. The molecule has 4 rings (SSSR count). The second kappa shape index (κ2) is 11.9. The summed E-state index contributed by atoms with van der Waals surface area (Å²) < 4.78 is 56.0. The van der Waals surface area contributed by atoms with Crippen LogP contribution in [-0.2, 0) is 32.0 Å². The van der Waals surface area contributed by atoms with Gasteiger partial charge in [-0.3, -0.25) is 18.9 Å². The van der Waals surface area contributed by atoms with Crippen LogP contribution >= 0.6 is 23.3 Å². The van der Waals surface area contributed by atoms with Crippen LogP contribution in [0.1, 0.15) is 16.6 Å². The standard InChI is InChI=1S/C18H24N7O14P3/c1-20-9-5-3-2-4-8(9)17(28)38-13-10(6-36-42(34,35)39-41(32,33)24-40(29,30)31)37-16(12(13)26)25-7-21-11-14(25)22-18(19)23-15(11)27/h2-5,7,10,12-13,16,20,26H,6H2,1H3,(H,34,35)(H3,19,22,23,27)(H4,24,29,30,31,32,33)/t10-,12-,13-,16-/m1/s1. The average Bonchev–Trinajstić information content (AvgIpc) is 3.41. The van der Waals surface area contributed by atoms with Gasteiger partial charge >= 0.3 is 29.3 Å². The summed E-state index contributed by atoms with van der Waals surface area (Å²) in [6, 6.07) is 6.13. The molecule has 0 radical (unpaired) electrons. The molecular weight excluding hydrogens is 631 g/mol. The van der Waals surface area contributed by atoms with E-state index in [-0.39, 0.29) is 22.7 Å². The van der Waals surface area contributed by atoms with Crippen molar-refractivity contribution in [3.8, 4) is 0 Å². The average molecular weight is 655 g/mol. The first kappa shape index (κ1) is 31.9. The topological polar surface area (TPSA) is 320 Å². The predicted octanol–water partition coefficient (Wildman–Crippen LogP) is -0.856. The number of fused-ring (bicyclic) bond motifs is 1. The number of hydrogen-bond acceptors (Lipinski definition) is 14. The number of anilines is 2. The minimum Gasteiger partial charge on any atom is -0.453 e. The van der Waals surface area contributed by atoms with Crippen molar-refractivity contribution in [2.75, 3.05) is 24.7 Å². The Hall–Kier alpha value is -3.03. The molecule has 24 heteroatoms. The van der Waals surface area contributed by atoms with Crippen molar-refractivity contribution in [2.24, 2.45) is 0 Å². The number of aliphatic hydroxyl groups is 1. The number of ether oxygens (including phenoxy) is 2. The minimum atomic E-state index is -5.58. The van der Waals surface area contributed by atoms with Crippen molar-refractivity contribution in [1.82, 2.24) is 24.4 Å². The molecule has 0 spiro atoms. The van der Waals surface area contributed by atoms with Crippen LogP contribution < -0.4 is 21.5 Å². The molecule has 1 fully saturated rings. The summed E-state index contributed by atoms with van der Waals surface area (Å²) in [7, 11) is -15.0. The third-order valence-electron chi connectivity index (χ3n) is 5.57. The number of rotatable bonds is 11. The molecule has 0 bridgehead atoms. The van der Waals surface area contributed by atoms with Crippen LogP contribution in [0, 0.1) is 0 Å². The van der Waals surface area contributed by atoms with Crippen molar-refractivity contribution < 1.29 is 61.5 Å². The normalized spacial score (nSPS) is 23.8. The number of esters is 1. The second-order valence-corrected chi connectivity index (χ2v) is 13.3. The lowest BCUT2D eigenvalue weighted by Gasteiger charge is -2.22. The SMILES string of the molecule is CNc1ccccc1C(=O)O[C@H]1[C@@H](O)[C@H](n2cnc3c(=O)[nH]c(N)nc32)O[C@@H]1COP(=O)(O)OP(=O)(O)NP(=O)(O)O. The zero-order chi connectivity index (χ0) is 31.0. The van der Waals surface area contributed by atoms with Gasteiger partial charge < -0.3 is 45.2 Å².